The Bertz CT molecular complexity index is 671. The van der Waals surface area contributed by atoms with Gasteiger partial charge in [0, 0.05) is 38.6 Å². The molecule has 26 heavy (non-hydrogen) atoms. The van der Waals surface area contributed by atoms with Crippen LogP contribution in [0.1, 0.15) is 12.2 Å². The maximum atomic E-state index is 5.85. The summed E-state index contributed by atoms with van der Waals surface area (Å²) in [6.07, 6.45) is 1.12. The number of nitrogens with one attached hydrogen (secondary N) is 1. The number of rotatable bonds is 7. The lowest BCUT2D eigenvalue weighted by Gasteiger charge is -2.21. The highest BCUT2D eigenvalue weighted by atomic mass is 127. The topological polar surface area (TPSA) is 59.2 Å². The van der Waals surface area contributed by atoms with E-state index in [0.717, 1.165) is 48.8 Å². The summed E-state index contributed by atoms with van der Waals surface area (Å²) in [6, 6.07) is 10.1. The zero-order chi connectivity index (χ0) is 17.5. The van der Waals surface area contributed by atoms with Gasteiger partial charge in [0.1, 0.15) is 11.3 Å². The fourth-order valence-corrected chi connectivity index (χ4v) is 3.18. The molecule has 0 radical (unpaired) electrons. The molecule has 2 heterocycles. The molecule has 0 bridgehead atoms. The van der Waals surface area contributed by atoms with Gasteiger partial charge in [0.05, 0.1) is 26.4 Å². The first-order valence-electron chi connectivity index (χ1n) is 8.80. The van der Waals surface area contributed by atoms with E-state index in [1.54, 1.807) is 7.11 Å². The maximum absolute atomic E-state index is 5.85. The number of hydrogen-bond acceptors (Lipinski definition) is 4. The van der Waals surface area contributed by atoms with Gasteiger partial charge >= 0.3 is 0 Å². The molecule has 0 amide bonds. The number of para-hydroxylation sites is 1. The van der Waals surface area contributed by atoms with Gasteiger partial charge in [0.2, 0.25) is 0 Å². The molecule has 1 aromatic heterocycles. The minimum absolute atomic E-state index is 0. The maximum Gasteiger partial charge on any atom is 0.194 e. The van der Waals surface area contributed by atoms with E-state index in [9.17, 15) is 0 Å². The van der Waals surface area contributed by atoms with Crippen LogP contribution in [-0.2, 0) is 16.0 Å². The van der Waals surface area contributed by atoms with Gasteiger partial charge in [-0.3, -0.25) is 4.99 Å². The second kappa shape index (κ2) is 10.7. The number of furan rings is 1. The van der Waals surface area contributed by atoms with Crippen LogP contribution in [0.25, 0.3) is 11.0 Å². The zero-order valence-electron chi connectivity index (χ0n) is 15.4. The van der Waals surface area contributed by atoms with Crippen LogP contribution in [0.15, 0.2) is 39.7 Å². The number of guanidine groups is 1. The van der Waals surface area contributed by atoms with Crippen molar-refractivity contribution in [2.75, 3.05) is 47.1 Å². The number of ether oxygens (including phenoxy) is 2. The summed E-state index contributed by atoms with van der Waals surface area (Å²) in [5, 5.41) is 4.54. The summed E-state index contributed by atoms with van der Waals surface area (Å²) in [7, 11) is 3.52. The minimum Gasteiger partial charge on any atom is -0.459 e. The SMILES string of the molecule is CN=C(NCc1cc2ccccc2o1)N1CCC(COCCOC)C1.I. The predicted octanol–water partition coefficient (Wildman–Crippen LogP) is 3.11. The molecule has 1 atom stereocenters. The van der Waals surface area contributed by atoms with Crippen molar-refractivity contribution in [2.24, 2.45) is 10.9 Å². The number of methoxy groups -OCH3 is 1. The lowest BCUT2D eigenvalue weighted by molar-refractivity contribution is 0.0536. The van der Waals surface area contributed by atoms with Gasteiger partial charge in [-0.15, -0.1) is 24.0 Å². The Hall–Kier alpha value is -1.32. The van der Waals surface area contributed by atoms with Crippen molar-refractivity contribution < 1.29 is 13.9 Å². The summed E-state index contributed by atoms with van der Waals surface area (Å²) >= 11 is 0. The number of halogens is 1. The molecule has 1 aromatic carbocycles. The molecule has 1 fully saturated rings. The molecular formula is C19H28IN3O3. The van der Waals surface area contributed by atoms with Gasteiger partial charge in [0.25, 0.3) is 0 Å². The Morgan fingerprint density at radius 2 is 2.19 bits per heavy atom. The van der Waals surface area contributed by atoms with Gasteiger partial charge in [-0.25, -0.2) is 0 Å². The van der Waals surface area contributed by atoms with Crippen LogP contribution in [0.2, 0.25) is 0 Å². The van der Waals surface area contributed by atoms with Crippen LogP contribution >= 0.6 is 24.0 Å². The smallest absolute Gasteiger partial charge is 0.194 e. The second-order valence-corrected chi connectivity index (χ2v) is 6.32. The van der Waals surface area contributed by atoms with E-state index in [1.165, 1.54) is 0 Å². The number of nitrogens with zero attached hydrogens (tertiary/aromatic N) is 2. The molecule has 7 heteroatoms. The van der Waals surface area contributed by atoms with Crippen LogP contribution in [0.3, 0.4) is 0 Å². The summed E-state index contributed by atoms with van der Waals surface area (Å²) in [5.41, 5.74) is 0.920. The Morgan fingerprint density at radius 3 is 2.96 bits per heavy atom. The molecule has 144 valence electrons. The fourth-order valence-electron chi connectivity index (χ4n) is 3.18. The van der Waals surface area contributed by atoms with E-state index in [0.29, 0.717) is 25.7 Å². The second-order valence-electron chi connectivity index (χ2n) is 6.32. The Kier molecular flexibility index (Phi) is 8.67. The monoisotopic (exact) mass is 473 g/mol. The molecule has 3 rings (SSSR count). The highest BCUT2D eigenvalue weighted by molar-refractivity contribution is 14.0. The first kappa shape index (κ1) is 21.0. The third-order valence-corrected chi connectivity index (χ3v) is 4.48. The quantitative estimate of drug-likeness (QED) is 0.290. The van der Waals surface area contributed by atoms with Crippen molar-refractivity contribution in [1.82, 2.24) is 10.2 Å². The molecule has 6 nitrogen and oxygen atoms in total. The molecule has 1 aliphatic rings. The highest BCUT2D eigenvalue weighted by Crippen LogP contribution is 2.19. The summed E-state index contributed by atoms with van der Waals surface area (Å²) < 4.78 is 16.5. The van der Waals surface area contributed by atoms with E-state index in [4.69, 9.17) is 13.9 Å². The van der Waals surface area contributed by atoms with Gasteiger partial charge in [-0.1, -0.05) is 18.2 Å². The van der Waals surface area contributed by atoms with E-state index in [1.807, 2.05) is 25.2 Å². The highest BCUT2D eigenvalue weighted by Gasteiger charge is 2.25. The van der Waals surface area contributed by atoms with Crippen LogP contribution in [0.5, 0.6) is 0 Å². The lowest BCUT2D eigenvalue weighted by atomic mass is 10.1. The van der Waals surface area contributed by atoms with Crippen LogP contribution < -0.4 is 5.32 Å². The van der Waals surface area contributed by atoms with E-state index >= 15 is 0 Å². The van der Waals surface area contributed by atoms with E-state index < -0.39 is 0 Å². The standard InChI is InChI=1S/C19H27N3O3.HI/c1-20-19(22-8-7-15(13-22)14-24-10-9-23-2)21-12-17-11-16-5-3-4-6-18(16)25-17;/h3-6,11,15H,7-10,12-14H2,1-2H3,(H,20,21);1H. The number of fused-ring (bicyclic) bond motifs is 1. The van der Waals surface area contributed by atoms with Gasteiger partial charge in [-0.05, 0) is 18.6 Å². The third kappa shape index (κ3) is 5.59. The van der Waals surface area contributed by atoms with Gasteiger partial charge < -0.3 is 24.1 Å². The van der Waals surface area contributed by atoms with Crippen molar-refractivity contribution in [2.45, 2.75) is 13.0 Å². The van der Waals surface area contributed by atoms with Crippen LogP contribution in [0.4, 0.5) is 0 Å². The molecule has 1 unspecified atom stereocenters. The van der Waals surface area contributed by atoms with Gasteiger partial charge in [0.15, 0.2) is 5.96 Å². The average molecular weight is 473 g/mol. The Morgan fingerprint density at radius 1 is 1.35 bits per heavy atom. The van der Waals surface area contributed by atoms with Crippen molar-refractivity contribution in [3.05, 3.63) is 36.1 Å². The third-order valence-electron chi connectivity index (χ3n) is 4.48. The number of aliphatic imine (C=N–C) groups is 1. The summed E-state index contributed by atoms with van der Waals surface area (Å²) in [5.74, 6) is 2.38. The molecule has 2 aromatic rings. The van der Waals surface area contributed by atoms with E-state index in [-0.39, 0.29) is 24.0 Å². The largest absolute Gasteiger partial charge is 0.459 e. The molecule has 0 spiro atoms. The van der Waals surface area contributed by atoms with Gasteiger partial charge in [-0.2, -0.15) is 0 Å². The summed E-state index contributed by atoms with van der Waals surface area (Å²) in [4.78, 5) is 6.70. The minimum atomic E-state index is 0. The molecule has 0 saturated carbocycles. The van der Waals surface area contributed by atoms with Crippen molar-refractivity contribution in [3.8, 4) is 0 Å². The van der Waals surface area contributed by atoms with Crippen molar-refractivity contribution in [3.63, 3.8) is 0 Å². The Labute approximate surface area is 171 Å². The number of benzene rings is 1. The van der Waals surface area contributed by atoms with Crippen molar-refractivity contribution >= 4 is 40.9 Å². The van der Waals surface area contributed by atoms with Crippen LogP contribution in [0, 0.1) is 5.92 Å². The number of likely N-dealkylation sites (tertiary alicyclic amines) is 1. The van der Waals surface area contributed by atoms with E-state index in [2.05, 4.69) is 27.3 Å². The number of hydrogen-bond donors (Lipinski definition) is 1. The average Bonchev–Trinajstić information content (AvgIpc) is 3.26. The molecule has 1 saturated heterocycles. The normalized spacial score (nSPS) is 17.5. The first-order valence-corrected chi connectivity index (χ1v) is 8.80. The lowest BCUT2D eigenvalue weighted by Crippen LogP contribution is -2.39. The molecule has 1 aliphatic heterocycles. The fraction of sp³-hybridized carbons (Fsp3) is 0.526. The molecular weight excluding hydrogens is 445 g/mol. The first-order chi connectivity index (χ1) is 12.3. The molecule has 1 N–H and O–H groups in total. The van der Waals surface area contributed by atoms with Crippen molar-refractivity contribution in [1.29, 1.82) is 0 Å². The summed E-state index contributed by atoms with van der Waals surface area (Å²) in [6.45, 7) is 4.68. The van der Waals surface area contributed by atoms with Crippen LogP contribution in [-0.4, -0.2) is 57.9 Å². The Balaban J connectivity index is 0.00000243. The molecule has 0 aliphatic carbocycles. The predicted molar refractivity (Wildman–Crippen MR) is 114 cm³/mol. The zero-order valence-corrected chi connectivity index (χ0v) is 17.8.